The first-order chi connectivity index (χ1) is 9.70. The molecule has 0 bridgehead atoms. The van der Waals surface area contributed by atoms with Crippen LogP contribution in [0.4, 0.5) is 4.79 Å². The molecule has 1 aromatic heterocycles. The van der Waals surface area contributed by atoms with Crippen molar-refractivity contribution in [2.45, 2.75) is 38.8 Å². The van der Waals surface area contributed by atoms with Crippen molar-refractivity contribution in [2.24, 2.45) is 0 Å². The van der Waals surface area contributed by atoms with Crippen LogP contribution in [0.25, 0.3) is 0 Å². The summed E-state index contributed by atoms with van der Waals surface area (Å²) in [6.45, 7) is 5.82. The number of amides is 1. The molecule has 1 fully saturated rings. The van der Waals surface area contributed by atoms with Crippen LogP contribution in [-0.4, -0.2) is 46.7 Å². The minimum atomic E-state index is -0.201. The van der Waals surface area contributed by atoms with Crippen molar-refractivity contribution in [3.63, 3.8) is 0 Å². The number of nitrogens with one attached hydrogen (secondary N) is 1. The highest BCUT2D eigenvalue weighted by Gasteiger charge is 2.24. The lowest BCUT2D eigenvalue weighted by Crippen LogP contribution is -2.45. The molecule has 1 atom stereocenters. The molecule has 0 saturated carbocycles. The maximum Gasteiger partial charge on any atom is 0.409 e. The molecule has 1 unspecified atom stereocenters. The maximum atomic E-state index is 11.6. The Hall–Kier alpha value is -1.69. The molecule has 2 heterocycles. The fourth-order valence-electron chi connectivity index (χ4n) is 2.42. The second-order valence-corrected chi connectivity index (χ2v) is 4.98. The van der Waals surface area contributed by atoms with Crippen LogP contribution in [-0.2, 0) is 4.74 Å². The Morgan fingerprint density at radius 3 is 2.85 bits per heavy atom. The minimum absolute atomic E-state index is 0.169. The van der Waals surface area contributed by atoms with E-state index >= 15 is 0 Å². The van der Waals surface area contributed by atoms with Crippen LogP contribution in [0.5, 0.6) is 0 Å². The van der Waals surface area contributed by atoms with Crippen molar-refractivity contribution < 1.29 is 9.53 Å². The minimum Gasteiger partial charge on any atom is -0.450 e. The Labute approximate surface area is 119 Å². The topological polar surface area (TPSA) is 67.3 Å². The highest BCUT2D eigenvalue weighted by Crippen LogP contribution is 2.16. The summed E-state index contributed by atoms with van der Waals surface area (Å²) < 4.78 is 5.02. The fraction of sp³-hybridized carbons (Fsp3) is 0.643. The molecule has 1 saturated heterocycles. The van der Waals surface area contributed by atoms with Gasteiger partial charge in [-0.3, -0.25) is 9.97 Å². The second kappa shape index (κ2) is 7.19. The van der Waals surface area contributed by atoms with Gasteiger partial charge in [0.15, 0.2) is 0 Å². The van der Waals surface area contributed by atoms with Gasteiger partial charge in [-0.2, -0.15) is 0 Å². The molecule has 0 aromatic carbocycles. The smallest absolute Gasteiger partial charge is 0.409 e. The van der Waals surface area contributed by atoms with Gasteiger partial charge in [0.1, 0.15) is 0 Å². The fourth-order valence-corrected chi connectivity index (χ4v) is 2.42. The molecule has 20 heavy (non-hydrogen) atoms. The molecular weight excluding hydrogens is 256 g/mol. The zero-order valence-electron chi connectivity index (χ0n) is 12.1. The summed E-state index contributed by atoms with van der Waals surface area (Å²) in [5.41, 5.74) is 0.945. The molecule has 0 aliphatic carbocycles. The van der Waals surface area contributed by atoms with E-state index < -0.39 is 0 Å². The van der Waals surface area contributed by atoms with Gasteiger partial charge < -0.3 is 15.0 Å². The van der Waals surface area contributed by atoms with Gasteiger partial charge in [0.25, 0.3) is 0 Å². The zero-order valence-corrected chi connectivity index (χ0v) is 12.1. The van der Waals surface area contributed by atoms with Crippen molar-refractivity contribution in [2.75, 3.05) is 19.7 Å². The molecule has 1 aromatic rings. The van der Waals surface area contributed by atoms with Gasteiger partial charge in [0.2, 0.25) is 0 Å². The summed E-state index contributed by atoms with van der Waals surface area (Å²) in [5.74, 6) is 0. The number of hydrogen-bond acceptors (Lipinski definition) is 5. The van der Waals surface area contributed by atoms with E-state index in [0.29, 0.717) is 12.6 Å². The van der Waals surface area contributed by atoms with E-state index in [0.717, 1.165) is 31.6 Å². The van der Waals surface area contributed by atoms with Crippen LogP contribution < -0.4 is 5.32 Å². The number of aromatic nitrogens is 2. The van der Waals surface area contributed by atoms with Crippen LogP contribution in [0.3, 0.4) is 0 Å². The number of hydrogen-bond donors (Lipinski definition) is 1. The molecule has 6 heteroatoms. The number of carbonyl (C=O) groups excluding carboxylic acids is 1. The molecule has 6 nitrogen and oxygen atoms in total. The molecule has 2 rings (SSSR count). The summed E-state index contributed by atoms with van der Waals surface area (Å²) in [7, 11) is 0. The summed E-state index contributed by atoms with van der Waals surface area (Å²) in [6, 6.07) is 0.570. The lowest BCUT2D eigenvalue weighted by Gasteiger charge is -2.33. The monoisotopic (exact) mass is 278 g/mol. The van der Waals surface area contributed by atoms with Gasteiger partial charge in [-0.25, -0.2) is 4.79 Å². The molecule has 1 amide bonds. The normalized spacial score (nSPS) is 17.8. The third-order valence-corrected chi connectivity index (χ3v) is 3.53. The van der Waals surface area contributed by atoms with E-state index in [1.165, 1.54) is 0 Å². The van der Waals surface area contributed by atoms with E-state index in [1.807, 2.05) is 6.92 Å². The van der Waals surface area contributed by atoms with Gasteiger partial charge in [-0.05, 0) is 26.7 Å². The average Bonchev–Trinajstić information content (AvgIpc) is 2.49. The molecule has 0 radical (unpaired) electrons. The third-order valence-electron chi connectivity index (χ3n) is 3.53. The number of nitrogens with zero attached hydrogens (tertiary/aromatic N) is 3. The molecule has 1 N–H and O–H groups in total. The molecule has 110 valence electrons. The van der Waals surface area contributed by atoms with Crippen molar-refractivity contribution in [3.05, 3.63) is 24.3 Å². The van der Waals surface area contributed by atoms with Crippen molar-refractivity contribution >= 4 is 6.09 Å². The van der Waals surface area contributed by atoms with E-state index in [-0.39, 0.29) is 12.1 Å². The first kappa shape index (κ1) is 14.7. The SMILES string of the molecule is CCOC(=O)N1CCC(NC(C)c2cnccn2)CC1. The lowest BCUT2D eigenvalue weighted by molar-refractivity contribution is 0.0943. The Balaban J connectivity index is 1.78. The van der Waals surface area contributed by atoms with Crippen LogP contribution in [0.15, 0.2) is 18.6 Å². The molecular formula is C14H22N4O2. The van der Waals surface area contributed by atoms with Gasteiger partial charge in [-0.1, -0.05) is 0 Å². The van der Waals surface area contributed by atoms with Gasteiger partial charge in [-0.15, -0.1) is 0 Å². The summed E-state index contributed by atoms with van der Waals surface area (Å²) in [4.78, 5) is 21.8. The van der Waals surface area contributed by atoms with Crippen LogP contribution in [0.1, 0.15) is 38.4 Å². The molecule has 0 spiro atoms. The van der Waals surface area contributed by atoms with E-state index in [9.17, 15) is 4.79 Å². The largest absolute Gasteiger partial charge is 0.450 e. The summed E-state index contributed by atoms with van der Waals surface area (Å²) >= 11 is 0. The first-order valence-corrected chi connectivity index (χ1v) is 7.14. The highest BCUT2D eigenvalue weighted by atomic mass is 16.6. The second-order valence-electron chi connectivity index (χ2n) is 4.98. The van der Waals surface area contributed by atoms with E-state index in [4.69, 9.17) is 4.74 Å². The third kappa shape index (κ3) is 3.90. The Morgan fingerprint density at radius 1 is 1.50 bits per heavy atom. The predicted molar refractivity (Wildman–Crippen MR) is 75.2 cm³/mol. The zero-order chi connectivity index (χ0) is 14.4. The number of rotatable bonds is 4. The molecule has 1 aliphatic heterocycles. The predicted octanol–water partition coefficient (Wildman–Crippen LogP) is 1.75. The lowest BCUT2D eigenvalue weighted by atomic mass is 10.0. The first-order valence-electron chi connectivity index (χ1n) is 7.14. The standard InChI is InChI=1S/C14H22N4O2/c1-3-20-14(19)18-8-4-12(5-9-18)17-11(2)13-10-15-6-7-16-13/h6-7,10-12,17H,3-5,8-9H2,1-2H3. The van der Waals surface area contributed by atoms with Crippen molar-refractivity contribution in [1.82, 2.24) is 20.2 Å². The van der Waals surface area contributed by atoms with Gasteiger partial charge >= 0.3 is 6.09 Å². The number of carbonyl (C=O) groups is 1. The molecule has 1 aliphatic rings. The number of ether oxygens (including phenoxy) is 1. The maximum absolute atomic E-state index is 11.6. The number of likely N-dealkylation sites (tertiary alicyclic amines) is 1. The van der Waals surface area contributed by atoms with E-state index in [1.54, 1.807) is 23.5 Å². The van der Waals surface area contributed by atoms with Crippen molar-refractivity contribution in [3.8, 4) is 0 Å². The quantitative estimate of drug-likeness (QED) is 0.908. The van der Waals surface area contributed by atoms with Gasteiger partial charge in [0.05, 0.1) is 12.3 Å². The Morgan fingerprint density at radius 2 is 2.25 bits per heavy atom. The van der Waals surface area contributed by atoms with Crippen LogP contribution in [0, 0.1) is 0 Å². The Bertz CT molecular complexity index is 418. The Kier molecular flexibility index (Phi) is 5.29. The summed E-state index contributed by atoms with van der Waals surface area (Å²) in [5, 5.41) is 3.55. The van der Waals surface area contributed by atoms with Gasteiger partial charge in [0, 0.05) is 43.8 Å². The highest BCUT2D eigenvalue weighted by molar-refractivity contribution is 5.67. The van der Waals surface area contributed by atoms with Crippen molar-refractivity contribution in [1.29, 1.82) is 0 Å². The number of piperidine rings is 1. The van der Waals surface area contributed by atoms with Crippen LogP contribution >= 0.6 is 0 Å². The average molecular weight is 278 g/mol. The van der Waals surface area contributed by atoms with E-state index in [2.05, 4.69) is 22.2 Å². The van der Waals surface area contributed by atoms with Crippen LogP contribution in [0.2, 0.25) is 0 Å². The summed E-state index contributed by atoms with van der Waals surface area (Å²) in [6.07, 6.45) is 6.83.